The Morgan fingerprint density at radius 2 is 2.15 bits per heavy atom. The Hall–Kier alpha value is -2.67. The second-order valence-electron chi connectivity index (χ2n) is 6.60. The smallest absolute Gasteiger partial charge is 0.221 e. The molecule has 0 saturated heterocycles. The summed E-state index contributed by atoms with van der Waals surface area (Å²) in [6, 6.07) is 7.40. The van der Waals surface area contributed by atoms with Gasteiger partial charge in [-0.3, -0.25) is 4.79 Å². The van der Waals surface area contributed by atoms with Crippen LogP contribution >= 0.6 is 11.3 Å². The molecule has 1 amide bonds. The highest BCUT2D eigenvalue weighted by molar-refractivity contribution is 7.19. The van der Waals surface area contributed by atoms with Gasteiger partial charge in [-0.25, -0.2) is 9.97 Å². The zero-order chi connectivity index (χ0) is 18.6. The predicted octanol–water partition coefficient (Wildman–Crippen LogP) is 4.02. The van der Waals surface area contributed by atoms with Gasteiger partial charge in [-0.15, -0.1) is 11.3 Å². The number of nitrogens with zero attached hydrogens (tertiary/aromatic N) is 2. The molecule has 140 valence electrons. The van der Waals surface area contributed by atoms with Crippen LogP contribution in [0.15, 0.2) is 30.6 Å². The van der Waals surface area contributed by atoms with E-state index in [1.165, 1.54) is 35.6 Å². The molecule has 2 N–H and O–H groups in total. The first-order valence-corrected chi connectivity index (χ1v) is 10.0. The van der Waals surface area contributed by atoms with Gasteiger partial charge in [0.1, 0.15) is 29.3 Å². The number of aromatic nitrogens is 2. The average molecular weight is 382 g/mol. The summed E-state index contributed by atoms with van der Waals surface area (Å²) in [6.45, 7) is 2.63. The first-order chi connectivity index (χ1) is 13.2. The lowest BCUT2D eigenvalue weighted by Crippen LogP contribution is -2.13. The number of benzene rings is 1. The Morgan fingerprint density at radius 3 is 3.04 bits per heavy atom. The lowest BCUT2D eigenvalue weighted by molar-refractivity contribution is -0.114. The summed E-state index contributed by atoms with van der Waals surface area (Å²) in [5.74, 6) is 1.53. The first kappa shape index (κ1) is 17.7. The van der Waals surface area contributed by atoms with Crippen molar-refractivity contribution in [2.24, 2.45) is 0 Å². The zero-order valence-corrected chi connectivity index (χ0v) is 16.1. The lowest BCUT2D eigenvalue weighted by atomic mass is 9.97. The number of fused-ring (bicyclic) bond motifs is 3. The molecule has 0 atom stereocenters. The van der Waals surface area contributed by atoms with Crippen molar-refractivity contribution in [3.8, 4) is 5.75 Å². The van der Waals surface area contributed by atoms with Crippen LogP contribution in [0.5, 0.6) is 5.75 Å². The third kappa shape index (κ3) is 4.03. The van der Waals surface area contributed by atoms with Crippen LogP contribution in [-0.2, 0) is 17.6 Å². The van der Waals surface area contributed by atoms with Crippen LogP contribution in [0.2, 0.25) is 0 Å². The van der Waals surface area contributed by atoms with Crippen LogP contribution in [-0.4, -0.2) is 29.0 Å². The van der Waals surface area contributed by atoms with Gasteiger partial charge >= 0.3 is 0 Å². The van der Waals surface area contributed by atoms with Crippen LogP contribution in [0.1, 0.15) is 30.2 Å². The number of hydrogen-bond acceptors (Lipinski definition) is 6. The molecule has 0 fully saturated rings. The fourth-order valence-corrected chi connectivity index (χ4v) is 4.66. The van der Waals surface area contributed by atoms with E-state index in [2.05, 4.69) is 20.6 Å². The van der Waals surface area contributed by atoms with Gasteiger partial charge in [0.2, 0.25) is 5.91 Å². The first-order valence-electron chi connectivity index (χ1n) is 9.20. The van der Waals surface area contributed by atoms with Gasteiger partial charge in [-0.1, -0.05) is 6.07 Å². The minimum atomic E-state index is -0.0966. The van der Waals surface area contributed by atoms with Crippen LogP contribution < -0.4 is 15.4 Å². The second-order valence-corrected chi connectivity index (χ2v) is 7.68. The molecule has 0 bridgehead atoms. The maximum atomic E-state index is 11.2. The second kappa shape index (κ2) is 7.92. The number of thiophene rings is 1. The van der Waals surface area contributed by atoms with Crippen molar-refractivity contribution in [2.75, 3.05) is 23.8 Å². The summed E-state index contributed by atoms with van der Waals surface area (Å²) in [5.41, 5.74) is 2.16. The average Bonchev–Trinajstić information content (AvgIpc) is 3.04. The van der Waals surface area contributed by atoms with Gasteiger partial charge in [0.15, 0.2) is 0 Å². The predicted molar refractivity (Wildman–Crippen MR) is 109 cm³/mol. The highest BCUT2D eigenvalue weighted by Crippen LogP contribution is 2.38. The standard InChI is InChI=1S/C20H22N4O2S/c1-13(25)24-14-5-4-6-15(11-14)26-10-9-21-19-18-16-7-2-3-8-17(16)27-20(18)23-12-22-19/h4-6,11-12H,2-3,7-10H2,1H3,(H,24,25)(H,21,22,23). The third-order valence-corrected chi connectivity index (χ3v) is 5.77. The number of ether oxygens (including phenoxy) is 1. The quantitative estimate of drug-likeness (QED) is 0.630. The molecule has 4 rings (SSSR count). The van der Waals surface area contributed by atoms with Gasteiger partial charge in [-0.2, -0.15) is 0 Å². The number of rotatable bonds is 6. The van der Waals surface area contributed by atoms with Crippen molar-refractivity contribution in [1.82, 2.24) is 9.97 Å². The molecule has 1 aromatic carbocycles. The molecule has 1 aliphatic rings. The third-order valence-electron chi connectivity index (χ3n) is 4.57. The molecule has 0 aliphatic heterocycles. The molecule has 0 spiro atoms. The molecular weight excluding hydrogens is 360 g/mol. The molecule has 7 heteroatoms. The zero-order valence-electron chi connectivity index (χ0n) is 15.2. The number of carbonyl (C=O) groups excluding carboxylic acids is 1. The van der Waals surface area contributed by atoms with Crippen LogP contribution in [0, 0.1) is 0 Å². The summed E-state index contributed by atoms with van der Waals surface area (Å²) < 4.78 is 5.80. The van der Waals surface area contributed by atoms with Gasteiger partial charge < -0.3 is 15.4 Å². The van der Waals surface area contributed by atoms with Crippen molar-refractivity contribution in [3.05, 3.63) is 41.0 Å². The molecule has 0 radical (unpaired) electrons. The summed E-state index contributed by atoms with van der Waals surface area (Å²) in [5, 5.41) is 7.34. The molecule has 1 aliphatic carbocycles. The maximum Gasteiger partial charge on any atom is 0.221 e. The maximum absolute atomic E-state index is 11.2. The van der Waals surface area contributed by atoms with E-state index in [4.69, 9.17) is 4.74 Å². The molecule has 3 aromatic rings. The molecule has 27 heavy (non-hydrogen) atoms. The normalized spacial score (nSPS) is 13.2. The van der Waals surface area contributed by atoms with Crippen LogP contribution in [0.25, 0.3) is 10.2 Å². The van der Waals surface area contributed by atoms with Crippen LogP contribution in [0.3, 0.4) is 0 Å². The fourth-order valence-electron chi connectivity index (χ4n) is 3.43. The molecular formula is C20H22N4O2S. The minimum absolute atomic E-state index is 0.0966. The van der Waals surface area contributed by atoms with E-state index in [0.29, 0.717) is 13.2 Å². The summed E-state index contributed by atoms with van der Waals surface area (Å²) in [6.07, 6.45) is 6.40. The molecule has 2 heterocycles. The topological polar surface area (TPSA) is 76.1 Å². The van der Waals surface area contributed by atoms with E-state index in [1.54, 1.807) is 17.7 Å². The van der Waals surface area contributed by atoms with Crippen molar-refractivity contribution < 1.29 is 9.53 Å². The van der Waals surface area contributed by atoms with Crippen molar-refractivity contribution in [1.29, 1.82) is 0 Å². The minimum Gasteiger partial charge on any atom is -0.492 e. The van der Waals surface area contributed by atoms with Crippen molar-refractivity contribution >= 4 is 39.0 Å². The fraction of sp³-hybridized carbons (Fsp3) is 0.350. The molecule has 0 saturated carbocycles. The van der Waals surface area contributed by atoms with Crippen molar-refractivity contribution in [2.45, 2.75) is 32.6 Å². The molecule has 2 aromatic heterocycles. The number of carbonyl (C=O) groups is 1. The highest BCUT2D eigenvalue weighted by atomic mass is 32.1. The molecule has 0 unspecified atom stereocenters. The van der Waals surface area contributed by atoms with E-state index in [0.717, 1.165) is 34.9 Å². The summed E-state index contributed by atoms with van der Waals surface area (Å²) in [4.78, 5) is 22.6. The molecule has 6 nitrogen and oxygen atoms in total. The number of amides is 1. The van der Waals surface area contributed by atoms with Gasteiger partial charge in [0, 0.05) is 23.6 Å². The Labute approximate surface area is 162 Å². The number of anilines is 2. The van der Waals surface area contributed by atoms with E-state index in [9.17, 15) is 4.79 Å². The van der Waals surface area contributed by atoms with Crippen LogP contribution in [0.4, 0.5) is 11.5 Å². The summed E-state index contributed by atoms with van der Waals surface area (Å²) >= 11 is 1.80. The van der Waals surface area contributed by atoms with Crippen molar-refractivity contribution in [3.63, 3.8) is 0 Å². The van der Waals surface area contributed by atoms with Gasteiger partial charge in [0.05, 0.1) is 11.9 Å². The van der Waals surface area contributed by atoms with Gasteiger partial charge in [-0.05, 0) is 43.4 Å². The SMILES string of the molecule is CC(=O)Nc1cccc(OCCNc2ncnc3sc4c(c23)CCCC4)c1. The van der Waals surface area contributed by atoms with Gasteiger partial charge in [0.25, 0.3) is 0 Å². The Bertz CT molecular complexity index is 970. The Morgan fingerprint density at radius 1 is 1.26 bits per heavy atom. The largest absolute Gasteiger partial charge is 0.492 e. The summed E-state index contributed by atoms with van der Waals surface area (Å²) in [7, 11) is 0. The lowest BCUT2D eigenvalue weighted by Gasteiger charge is -2.13. The number of hydrogen-bond donors (Lipinski definition) is 2. The van der Waals surface area contributed by atoms with E-state index < -0.39 is 0 Å². The van der Waals surface area contributed by atoms with E-state index >= 15 is 0 Å². The Balaban J connectivity index is 1.40. The monoisotopic (exact) mass is 382 g/mol. The van der Waals surface area contributed by atoms with E-state index in [-0.39, 0.29) is 5.91 Å². The number of nitrogens with one attached hydrogen (secondary N) is 2. The van der Waals surface area contributed by atoms with E-state index in [1.807, 2.05) is 24.3 Å². The number of aryl methyl sites for hydroxylation is 2. The Kier molecular flexibility index (Phi) is 5.20. The highest BCUT2D eigenvalue weighted by Gasteiger charge is 2.19.